The summed E-state index contributed by atoms with van der Waals surface area (Å²) in [5, 5.41) is 5.61. The maximum Gasteiger partial charge on any atom is 0.255 e. The molecule has 2 aromatic rings. The molecule has 8 nitrogen and oxygen atoms in total. The zero-order valence-electron chi connectivity index (χ0n) is 15.8. The largest absolute Gasteiger partial charge is 0.472 e. The van der Waals surface area contributed by atoms with E-state index in [4.69, 9.17) is 4.42 Å². The van der Waals surface area contributed by atoms with Gasteiger partial charge in [0.15, 0.2) is 0 Å². The fourth-order valence-electron chi connectivity index (χ4n) is 3.21. The summed E-state index contributed by atoms with van der Waals surface area (Å²) in [5.41, 5.74) is 1.33. The number of carbonyl (C=O) groups excluding carboxylic acids is 3. The summed E-state index contributed by atoms with van der Waals surface area (Å²) in [6, 6.07) is 4.65. The Morgan fingerprint density at radius 1 is 1.29 bits per heavy atom. The molecule has 0 aromatic carbocycles. The third-order valence-electron chi connectivity index (χ3n) is 4.87. The molecular weight excluding hydrogens is 360 g/mol. The van der Waals surface area contributed by atoms with Crippen molar-refractivity contribution in [1.82, 2.24) is 20.5 Å². The number of pyridine rings is 1. The number of hydrogen-bond donors (Lipinski definition) is 2. The smallest absolute Gasteiger partial charge is 0.255 e. The number of likely N-dealkylation sites (tertiary alicyclic amines) is 1. The van der Waals surface area contributed by atoms with E-state index in [9.17, 15) is 14.4 Å². The lowest BCUT2D eigenvalue weighted by atomic mass is 9.95. The average molecular weight is 384 g/mol. The van der Waals surface area contributed by atoms with E-state index in [1.165, 1.54) is 12.5 Å². The van der Waals surface area contributed by atoms with Crippen molar-refractivity contribution in [3.8, 4) is 0 Å². The number of nitrogens with one attached hydrogen (secondary N) is 2. The molecule has 1 atom stereocenters. The summed E-state index contributed by atoms with van der Waals surface area (Å²) in [5.74, 6) is -0.612. The summed E-state index contributed by atoms with van der Waals surface area (Å²) in [6.07, 6.45) is 7.37. The second-order valence-electron chi connectivity index (χ2n) is 6.89. The van der Waals surface area contributed by atoms with E-state index in [2.05, 4.69) is 15.6 Å². The molecule has 0 bridgehead atoms. The number of hydrogen-bond acceptors (Lipinski definition) is 5. The van der Waals surface area contributed by atoms with Gasteiger partial charge in [-0.1, -0.05) is 6.07 Å². The topological polar surface area (TPSA) is 105 Å². The molecule has 0 spiro atoms. The van der Waals surface area contributed by atoms with Gasteiger partial charge in [-0.25, -0.2) is 0 Å². The maximum absolute atomic E-state index is 12.6. The average Bonchev–Trinajstić information content (AvgIpc) is 3.27. The highest BCUT2D eigenvalue weighted by Gasteiger charge is 2.29. The minimum absolute atomic E-state index is 0.00254. The molecule has 1 unspecified atom stereocenters. The number of aromatic nitrogens is 1. The fraction of sp³-hybridized carbons (Fsp3) is 0.400. The van der Waals surface area contributed by atoms with E-state index in [1.807, 2.05) is 12.1 Å². The highest BCUT2D eigenvalue weighted by atomic mass is 16.3. The van der Waals surface area contributed by atoms with Crippen LogP contribution < -0.4 is 10.6 Å². The van der Waals surface area contributed by atoms with E-state index in [0.717, 1.165) is 5.56 Å². The Hall–Kier alpha value is -3.16. The van der Waals surface area contributed by atoms with E-state index in [1.54, 1.807) is 30.3 Å². The summed E-state index contributed by atoms with van der Waals surface area (Å²) < 4.78 is 4.88. The van der Waals surface area contributed by atoms with Gasteiger partial charge in [-0.3, -0.25) is 19.4 Å². The lowest BCUT2D eigenvalue weighted by Gasteiger charge is -2.33. The molecule has 3 amide bonds. The van der Waals surface area contributed by atoms with Crippen molar-refractivity contribution in [3.05, 3.63) is 54.2 Å². The Bertz CT molecular complexity index is 799. The summed E-state index contributed by atoms with van der Waals surface area (Å²) in [4.78, 5) is 42.7. The molecule has 2 aromatic heterocycles. The normalized spacial score (nSPS) is 15.7. The molecule has 0 aliphatic carbocycles. The molecule has 148 valence electrons. The highest BCUT2D eigenvalue weighted by molar-refractivity contribution is 5.97. The standard InChI is InChI=1S/C20H24N4O4/c1-14(23-19(26)17-6-10-28-13-17)20(27)24-8-4-16(5-9-24)18(25)22-12-15-3-2-7-21-11-15/h2-3,6-7,10-11,13-14,16H,4-5,8-9,12H2,1H3,(H,22,25)(H,23,26). The Morgan fingerprint density at radius 3 is 2.71 bits per heavy atom. The Morgan fingerprint density at radius 2 is 2.07 bits per heavy atom. The van der Waals surface area contributed by atoms with Crippen LogP contribution in [-0.2, 0) is 16.1 Å². The Labute approximate surface area is 163 Å². The molecular formula is C20H24N4O4. The summed E-state index contributed by atoms with van der Waals surface area (Å²) in [7, 11) is 0. The van der Waals surface area contributed by atoms with E-state index >= 15 is 0 Å². The zero-order chi connectivity index (χ0) is 19.9. The third-order valence-corrected chi connectivity index (χ3v) is 4.87. The first kappa shape index (κ1) is 19.6. The lowest BCUT2D eigenvalue weighted by Crippen LogP contribution is -2.50. The molecule has 1 aliphatic heterocycles. The molecule has 0 saturated carbocycles. The Kier molecular flexibility index (Phi) is 6.41. The van der Waals surface area contributed by atoms with Crippen LogP contribution in [0.2, 0.25) is 0 Å². The lowest BCUT2D eigenvalue weighted by molar-refractivity contribution is -0.136. The molecule has 1 aliphatic rings. The van der Waals surface area contributed by atoms with E-state index < -0.39 is 6.04 Å². The van der Waals surface area contributed by atoms with Gasteiger partial charge in [0.1, 0.15) is 12.3 Å². The molecule has 1 fully saturated rings. The quantitative estimate of drug-likeness (QED) is 0.782. The summed E-state index contributed by atoms with van der Waals surface area (Å²) in [6.45, 7) is 3.10. The van der Waals surface area contributed by atoms with Crippen molar-refractivity contribution in [3.63, 3.8) is 0 Å². The van der Waals surface area contributed by atoms with E-state index in [-0.39, 0.29) is 23.6 Å². The van der Waals surface area contributed by atoms with Crippen LogP contribution in [0.5, 0.6) is 0 Å². The van der Waals surface area contributed by atoms with E-state index in [0.29, 0.717) is 38.0 Å². The minimum Gasteiger partial charge on any atom is -0.472 e. The van der Waals surface area contributed by atoms with Crippen molar-refractivity contribution < 1.29 is 18.8 Å². The predicted molar refractivity (Wildman–Crippen MR) is 101 cm³/mol. The van der Waals surface area contributed by atoms with Gasteiger partial charge in [0.2, 0.25) is 11.8 Å². The van der Waals surface area contributed by atoms with Gasteiger partial charge in [-0.2, -0.15) is 0 Å². The Balaban J connectivity index is 1.43. The monoisotopic (exact) mass is 384 g/mol. The second-order valence-corrected chi connectivity index (χ2v) is 6.89. The van der Waals surface area contributed by atoms with Crippen LogP contribution in [0.15, 0.2) is 47.5 Å². The maximum atomic E-state index is 12.6. The number of amides is 3. The van der Waals surface area contributed by atoms with Crippen molar-refractivity contribution in [2.75, 3.05) is 13.1 Å². The summed E-state index contributed by atoms with van der Waals surface area (Å²) >= 11 is 0. The number of nitrogens with zero attached hydrogens (tertiary/aromatic N) is 2. The molecule has 0 radical (unpaired) electrons. The number of furan rings is 1. The van der Waals surface area contributed by atoms with Gasteiger partial charge < -0.3 is 20.0 Å². The third kappa shape index (κ3) is 4.97. The van der Waals surface area contributed by atoms with Crippen LogP contribution in [0.4, 0.5) is 0 Å². The van der Waals surface area contributed by atoms with Gasteiger partial charge >= 0.3 is 0 Å². The van der Waals surface area contributed by atoms with Gasteiger partial charge in [0.05, 0.1) is 11.8 Å². The van der Waals surface area contributed by atoms with Gasteiger partial charge in [0, 0.05) is 37.9 Å². The number of rotatable bonds is 6. The van der Waals surface area contributed by atoms with Gasteiger partial charge in [0.25, 0.3) is 5.91 Å². The van der Waals surface area contributed by atoms with Crippen LogP contribution in [-0.4, -0.2) is 46.7 Å². The zero-order valence-corrected chi connectivity index (χ0v) is 15.8. The minimum atomic E-state index is -0.640. The van der Waals surface area contributed by atoms with Crippen molar-refractivity contribution in [2.45, 2.75) is 32.4 Å². The van der Waals surface area contributed by atoms with Crippen molar-refractivity contribution >= 4 is 17.7 Å². The van der Waals surface area contributed by atoms with Gasteiger partial charge in [-0.15, -0.1) is 0 Å². The first-order valence-corrected chi connectivity index (χ1v) is 9.33. The second kappa shape index (κ2) is 9.16. The number of carbonyl (C=O) groups is 3. The first-order chi connectivity index (χ1) is 13.5. The van der Waals surface area contributed by atoms with Crippen LogP contribution >= 0.6 is 0 Å². The SMILES string of the molecule is CC(NC(=O)c1ccoc1)C(=O)N1CCC(C(=O)NCc2cccnc2)CC1. The van der Waals surface area contributed by atoms with Crippen LogP contribution in [0, 0.1) is 5.92 Å². The van der Waals surface area contributed by atoms with Crippen LogP contribution in [0.25, 0.3) is 0 Å². The highest BCUT2D eigenvalue weighted by Crippen LogP contribution is 2.18. The molecule has 28 heavy (non-hydrogen) atoms. The molecule has 8 heteroatoms. The fourth-order valence-corrected chi connectivity index (χ4v) is 3.21. The molecule has 1 saturated heterocycles. The molecule has 3 rings (SSSR count). The van der Waals surface area contributed by atoms with Gasteiger partial charge in [-0.05, 0) is 37.5 Å². The number of piperidine rings is 1. The van der Waals surface area contributed by atoms with Crippen molar-refractivity contribution in [2.24, 2.45) is 5.92 Å². The predicted octanol–water partition coefficient (Wildman–Crippen LogP) is 1.35. The van der Waals surface area contributed by atoms with Crippen molar-refractivity contribution in [1.29, 1.82) is 0 Å². The molecule has 3 heterocycles. The van der Waals surface area contributed by atoms with Crippen LogP contribution in [0.1, 0.15) is 35.7 Å². The van der Waals surface area contributed by atoms with Crippen LogP contribution in [0.3, 0.4) is 0 Å². The molecule has 2 N–H and O–H groups in total. The first-order valence-electron chi connectivity index (χ1n) is 9.33.